The highest BCUT2D eigenvalue weighted by Crippen LogP contribution is 2.16. The van der Waals surface area contributed by atoms with Crippen molar-refractivity contribution in [3.8, 4) is 0 Å². The Morgan fingerprint density at radius 3 is 2.88 bits per heavy atom. The van der Waals surface area contributed by atoms with Gasteiger partial charge < -0.3 is 14.2 Å². The highest BCUT2D eigenvalue weighted by molar-refractivity contribution is 5.65. The van der Waals surface area contributed by atoms with Crippen molar-refractivity contribution in [2.75, 3.05) is 13.2 Å². The Labute approximate surface area is 100 Å². The van der Waals surface area contributed by atoms with E-state index in [4.69, 9.17) is 14.2 Å². The zero-order chi connectivity index (χ0) is 12.1. The van der Waals surface area contributed by atoms with E-state index in [1.165, 1.54) is 12.5 Å². The van der Waals surface area contributed by atoms with Gasteiger partial charge in [0, 0.05) is 13.3 Å². The van der Waals surface area contributed by atoms with Crippen LogP contribution in [0.15, 0.2) is 30.3 Å². The molecule has 1 aromatic rings. The van der Waals surface area contributed by atoms with Crippen LogP contribution >= 0.6 is 0 Å². The second-order valence-electron chi connectivity index (χ2n) is 4.01. The Balaban J connectivity index is 1.76. The fraction of sp³-hybridized carbons (Fsp3) is 0.462. The highest BCUT2D eigenvalue weighted by Gasteiger charge is 2.26. The molecule has 0 saturated carbocycles. The molecule has 0 spiro atoms. The molecule has 0 N–H and O–H groups in total. The van der Waals surface area contributed by atoms with Crippen molar-refractivity contribution in [3.05, 3.63) is 35.9 Å². The lowest BCUT2D eigenvalue weighted by molar-refractivity contribution is -0.145. The molecule has 0 aliphatic carbocycles. The third kappa shape index (κ3) is 3.84. The molecule has 92 valence electrons. The Kier molecular flexibility index (Phi) is 4.12. The maximum Gasteiger partial charge on any atom is 0.302 e. The minimum absolute atomic E-state index is 0.146. The fourth-order valence-electron chi connectivity index (χ4n) is 1.72. The lowest BCUT2D eigenvalue weighted by Crippen LogP contribution is -2.21. The lowest BCUT2D eigenvalue weighted by atomic mass is 10.1. The van der Waals surface area contributed by atoms with Gasteiger partial charge in [-0.15, -0.1) is 0 Å². The van der Waals surface area contributed by atoms with Gasteiger partial charge in [0.1, 0.15) is 12.7 Å². The summed E-state index contributed by atoms with van der Waals surface area (Å²) in [5.74, 6) is -0.292. The van der Waals surface area contributed by atoms with Gasteiger partial charge in [0.25, 0.3) is 0 Å². The number of esters is 1. The first-order valence-corrected chi connectivity index (χ1v) is 5.68. The second kappa shape index (κ2) is 5.80. The summed E-state index contributed by atoms with van der Waals surface area (Å²) in [5, 5.41) is 0. The van der Waals surface area contributed by atoms with Crippen molar-refractivity contribution in [2.24, 2.45) is 0 Å². The first-order chi connectivity index (χ1) is 8.24. The van der Waals surface area contributed by atoms with Gasteiger partial charge in [-0.05, 0) is 5.56 Å². The van der Waals surface area contributed by atoms with Crippen LogP contribution in [0, 0.1) is 0 Å². The molecule has 0 bridgehead atoms. The van der Waals surface area contributed by atoms with E-state index in [1.54, 1.807) is 0 Å². The monoisotopic (exact) mass is 236 g/mol. The molecule has 0 unspecified atom stereocenters. The number of rotatable bonds is 4. The van der Waals surface area contributed by atoms with Crippen LogP contribution in [0.1, 0.15) is 12.5 Å². The molecule has 0 aromatic heterocycles. The summed E-state index contributed by atoms with van der Waals surface area (Å²) >= 11 is 0. The first kappa shape index (κ1) is 12.1. The largest absolute Gasteiger partial charge is 0.463 e. The Bertz CT molecular complexity index is 363. The third-order valence-electron chi connectivity index (χ3n) is 2.53. The van der Waals surface area contributed by atoms with Gasteiger partial charge in [-0.3, -0.25) is 4.79 Å². The van der Waals surface area contributed by atoms with Gasteiger partial charge in [0.15, 0.2) is 6.29 Å². The predicted molar refractivity (Wildman–Crippen MR) is 61.4 cm³/mol. The van der Waals surface area contributed by atoms with E-state index in [2.05, 4.69) is 0 Å². The van der Waals surface area contributed by atoms with Gasteiger partial charge in [-0.1, -0.05) is 30.3 Å². The lowest BCUT2D eigenvalue weighted by Gasteiger charge is -2.11. The number of hydrogen-bond donors (Lipinski definition) is 0. The van der Waals surface area contributed by atoms with Crippen molar-refractivity contribution in [2.45, 2.75) is 25.7 Å². The Morgan fingerprint density at radius 1 is 1.41 bits per heavy atom. The number of carbonyl (C=O) groups excluding carboxylic acids is 1. The van der Waals surface area contributed by atoms with Gasteiger partial charge >= 0.3 is 5.97 Å². The molecule has 1 saturated heterocycles. The number of hydrogen-bond acceptors (Lipinski definition) is 4. The second-order valence-corrected chi connectivity index (χ2v) is 4.01. The van der Waals surface area contributed by atoms with Crippen LogP contribution in [0.5, 0.6) is 0 Å². The molecule has 1 heterocycles. The van der Waals surface area contributed by atoms with Gasteiger partial charge in [-0.25, -0.2) is 0 Å². The summed E-state index contributed by atoms with van der Waals surface area (Å²) in [7, 11) is 0. The first-order valence-electron chi connectivity index (χ1n) is 5.68. The van der Waals surface area contributed by atoms with Crippen molar-refractivity contribution in [3.63, 3.8) is 0 Å². The predicted octanol–water partition coefficient (Wildman–Crippen LogP) is 1.53. The van der Waals surface area contributed by atoms with Crippen LogP contribution in [0.2, 0.25) is 0 Å². The van der Waals surface area contributed by atoms with E-state index in [0.29, 0.717) is 6.61 Å². The average Bonchev–Trinajstić information content (AvgIpc) is 2.75. The van der Waals surface area contributed by atoms with E-state index in [-0.39, 0.29) is 25.0 Å². The molecular weight excluding hydrogens is 220 g/mol. The van der Waals surface area contributed by atoms with Crippen molar-refractivity contribution < 1.29 is 19.0 Å². The van der Waals surface area contributed by atoms with E-state index < -0.39 is 0 Å². The summed E-state index contributed by atoms with van der Waals surface area (Å²) in [6.07, 6.45) is 0.336. The molecule has 1 aromatic carbocycles. The van der Waals surface area contributed by atoms with Crippen LogP contribution in [0.25, 0.3) is 0 Å². The Hall–Kier alpha value is -1.39. The maximum absolute atomic E-state index is 10.7. The topological polar surface area (TPSA) is 44.8 Å². The summed E-state index contributed by atoms with van der Waals surface area (Å²) < 4.78 is 16.0. The van der Waals surface area contributed by atoms with E-state index in [0.717, 1.165) is 6.42 Å². The SMILES string of the molecule is CC(=O)OC[C@@H]1CO[C@@H](Cc2ccccc2)O1. The van der Waals surface area contributed by atoms with Crippen molar-refractivity contribution in [1.29, 1.82) is 0 Å². The minimum Gasteiger partial charge on any atom is -0.463 e. The Morgan fingerprint density at radius 2 is 2.18 bits per heavy atom. The van der Waals surface area contributed by atoms with E-state index in [9.17, 15) is 4.79 Å². The summed E-state index contributed by atoms with van der Waals surface area (Å²) in [4.78, 5) is 10.7. The molecule has 1 aliphatic heterocycles. The molecule has 1 aliphatic rings. The molecular formula is C13H16O4. The van der Waals surface area contributed by atoms with E-state index in [1.807, 2.05) is 30.3 Å². The van der Waals surface area contributed by atoms with E-state index >= 15 is 0 Å². The minimum atomic E-state index is -0.292. The molecule has 17 heavy (non-hydrogen) atoms. The third-order valence-corrected chi connectivity index (χ3v) is 2.53. The van der Waals surface area contributed by atoms with Crippen LogP contribution in [0.4, 0.5) is 0 Å². The number of ether oxygens (including phenoxy) is 3. The smallest absolute Gasteiger partial charge is 0.302 e. The highest BCUT2D eigenvalue weighted by atomic mass is 16.7. The van der Waals surface area contributed by atoms with Gasteiger partial charge in [0.2, 0.25) is 0 Å². The summed E-state index contributed by atoms with van der Waals surface area (Å²) in [6.45, 7) is 2.13. The van der Waals surface area contributed by atoms with Crippen LogP contribution < -0.4 is 0 Å². The zero-order valence-corrected chi connectivity index (χ0v) is 9.80. The maximum atomic E-state index is 10.7. The molecule has 0 radical (unpaired) electrons. The van der Waals surface area contributed by atoms with Crippen molar-refractivity contribution >= 4 is 5.97 Å². The number of benzene rings is 1. The molecule has 4 heteroatoms. The zero-order valence-electron chi connectivity index (χ0n) is 9.80. The van der Waals surface area contributed by atoms with Gasteiger partial charge in [-0.2, -0.15) is 0 Å². The van der Waals surface area contributed by atoms with Crippen LogP contribution in [0.3, 0.4) is 0 Å². The summed E-state index contributed by atoms with van der Waals surface area (Å²) in [6, 6.07) is 10.0. The fourth-order valence-corrected chi connectivity index (χ4v) is 1.72. The normalized spacial score (nSPS) is 23.6. The molecule has 0 amide bonds. The molecule has 2 rings (SSSR count). The molecule has 4 nitrogen and oxygen atoms in total. The number of carbonyl (C=O) groups is 1. The summed E-state index contributed by atoms with van der Waals surface area (Å²) in [5.41, 5.74) is 1.17. The van der Waals surface area contributed by atoms with Crippen molar-refractivity contribution in [1.82, 2.24) is 0 Å². The standard InChI is InChI=1S/C13H16O4/c1-10(14)15-8-12-9-16-13(17-12)7-11-5-3-2-4-6-11/h2-6,12-13H,7-9H2,1H3/t12-,13-/m1/s1. The van der Waals surface area contributed by atoms with Crippen LogP contribution in [-0.2, 0) is 25.4 Å². The van der Waals surface area contributed by atoms with Crippen LogP contribution in [-0.4, -0.2) is 31.6 Å². The molecule has 2 atom stereocenters. The molecule has 1 fully saturated rings. The van der Waals surface area contributed by atoms with Gasteiger partial charge in [0.05, 0.1) is 6.61 Å². The average molecular weight is 236 g/mol. The quantitative estimate of drug-likeness (QED) is 0.744.